The van der Waals surface area contributed by atoms with E-state index in [1.807, 2.05) is 11.6 Å². The Morgan fingerprint density at radius 1 is 1.27 bits per heavy atom. The van der Waals surface area contributed by atoms with Crippen molar-refractivity contribution in [2.45, 2.75) is 64.5 Å². The topological polar surface area (TPSA) is 75.4 Å². The van der Waals surface area contributed by atoms with Crippen LogP contribution in [0, 0.1) is 0 Å². The SMILES string of the molecule is CCC(=O)N1CCc2c(c(C(=O)O)nn2C2CCCCC2)C1. The van der Waals surface area contributed by atoms with Gasteiger partial charge in [-0.25, -0.2) is 4.79 Å². The van der Waals surface area contributed by atoms with Gasteiger partial charge in [-0.3, -0.25) is 9.48 Å². The summed E-state index contributed by atoms with van der Waals surface area (Å²) in [7, 11) is 0. The highest BCUT2D eigenvalue weighted by molar-refractivity contribution is 5.88. The van der Waals surface area contributed by atoms with Gasteiger partial charge >= 0.3 is 5.97 Å². The summed E-state index contributed by atoms with van der Waals surface area (Å²) < 4.78 is 1.96. The van der Waals surface area contributed by atoms with E-state index in [4.69, 9.17) is 0 Å². The Kier molecular flexibility index (Phi) is 4.18. The van der Waals surface area contributed by atoms with Crippen molar-refractivity contribution in [1.82, 2.24) is 14.7 Å². The quantitative estimate of drug-likeness (QED) is 0.930. The van der Waals surface area contributed by atoms with Crippen molar-refractivity contribution in [2.24, 2.45) is 0 Å². The Hall–Kier alpha value is -1.85. The summed E-state index contributed by atoms with van der Waals surface area (Å²) in [6.07, 6.45) is 6.93. The summed E-state index contributed by atoms with van der Waals surface area (Å²) in [4.78, 5) is 25.2. The predicted octanol–water partition coefficient (Wildman–Crippen LogP) is 2.38. The third kappa shape index (κ3) is 2.62. The molecule has 6 nitrogen and oxygen atoms in total. The van der Waals surface area contributed by atoms with Crippen molar-refractivity contribution in [3.05, 3.63) is 17.0 Å². The lowest BCUT2D eigenvalue weighted by Crippen LogP contribution is -2.36. The molecule has 1 N–H and O–H groups in total. The molecule has 1 saturated carbocycles. The number of fused-ring (bicyclic) bond motifs is 1. The zero-order valence-electron chi connectivity index (χ0n) is 13.0. The van der Waals surface area contributed by atoms with Gasteiger partial charge in [0.05, 0.1) is 6.04 Å². The van der Waals surface area contributed by atoms with Gasteiger partial charge in [0, 0.05) is 37.2 Å². The number of aromatic carboxylic acids is 1. The number of amides is 1. The van der Waals surface area contributed by atoms with E-state index in [1.165, 1.54) is 19.3 Å². The van der Waals surface area contributed by atoms with Crippen molar-refractivity contribution in [1.29, 1.82) is 0 Å². The molecule has 6 heteroatoms. The van der Waals surface area contributed by atoms with Crippen molar-refractivity contribution >= 4 is 11.9 Å². The van der Waals surface area contributed by atoms with Gasteiger partial charge in [0.25, 0.3) is 0 Å². The normalized spacial score (nSPS) is 19.0. The fourth-order valence-corrected chi connectivity index (χ4v) is 3.68. The van der Waals surface area contributed by atoms with Gasteiger partial charge in [-0.05, 0) is 12.8 Å². The molecule has 1 aromatic heterocycles. The lowest BCUT2D eigenvalue weighted by atomic mass is 9.95. The minimum absolute atomic E-state index is 0.0763. The zero-order valence-corrected chi connectivity index (χ0v) is 13.0. The maximum Gasteiger partial charge on any atom is 0.356 e. The fourth-order valence-electron chi connectivity index (χ4n) is 3.68. The van der Waals surface area contributed by atoms with E-state index in [9.17, 15) is 14.7 Å². The van der Waals surface area contributed by atoms with Crippen molar-refractivity contribution in [2.75, 3.05) is 6.54 Å². The summed E-state index contributed by atoms with van der Waals surface area (Å²) in [5.74, 6) is -0.913. The molecule has 1 aliphatic heterocycles. The summed E-state index contributed by atoms with van der Waals surface area (Å²) in [5.41, 5.74) is 1.91. The first-order valence-corrected chi connectivity index (χ1v) is 8.23. The van der Waals surface area contributed by atoms with E-state index in [2.05, 4.69) is 5.10 Å². The number of aromatic nitrogens is 2. The Morgan fingerprint density at radius 3 is 2.64 bits per heavy atom. The van der Waals surface area contributed by atoms with Gasteiger partial charge in [-0.2, -0.15) is 5.10 Å². The summed E-state index contributed by atoms with van der Waals surface area (Å²) in [6, 6.07) is 0.323. The molecule has 3 rings (SSSR count). The minimum Gasteiger partial charge on any atom is -0.476 e. The van der Waals surface area contributed by atoms with Crippen LogP contribution in [0.4, 0.5) is 0 Å². The van der Waals surface area contributed by atoms with Crippen LogP contribution in [0.15, 0.2) is 0 Å². The molecule has 2 heterocycles. The second kappa shape index (κ2) is 6.10. The van der Waals surface area contributed by atoms with Crippen LogP contribution < -0.4 is 0 Å². The Labute approximate surface area is 130 Å². The molecule has 0 radical (unpaired) electrons. The van der Waals surface area contributed by atoms with E-state index in [0.29, 0.717) is 32.0 Å². The van der Waals surface area contributed by atoms with Crippen LogP contribution in [-0.2, 0) is 17.8 Å². The summed E-state index contributed by atoms with van der Waals surface area (Å²) in [6.45, 7) is 2.88. The zero-order chi connectivity index (χ0) is 15.7. The van der Waals surface area contributed by atoms with E-state index in [1.54, 1.807) is 4.90 Å². The Morgan fingerprint density at radius 2 is 2.00 bits per heavy atom. The number of carboxylic acids is 1. The van der Waals surface area contributed by atoms with E-state index in [-0.39, 0.29) is 11.6 Å². The molecule has 1 fully saturated rings. The summed E-state index contributed by atoms with van der Waals surface area (Å²) >= 11 is 0. The van der Waals surface area contributed by atoms with Crippen LogP contribution in [0.2, 0.25) is 0 Å². The number of rotatable bonds is 3. The molecular weight excluding hydrogens is 282 g/mol. The second-order valence-corrected chi connectivity index (χ2v) is 6.23. The lowest BCUT2D eigenvalue weighted by molar-refractivity contribution is -0.131. The third-order valence-corrected chi connectivity index (χ3v) is 4.86. The number of carboxylic acid groups (broad SMARTS) is 1. The highest BCUT2D eigenvalue weighted by Gasteiger charge is 2.31. The molecule has 0 saturated heterocycles. The molecule has 2 aliphatic rings. The molecule has 0 aromatic carbocycles. The lowest BCUT2D eigenvalue weighted by Gasteiger charge is -2.29. The highest BCUT2D eigenvalue weighted by atomic mass is 16.4. The second-order valence-electron chi connectivity index (χ2n) is 6.23. The van der Waals surface area contributed by atoms with Crippen LogP contribution in [-0.4, -0.2) is 38.2 Å². The Bertz CT molecular complexity index is 588. The molecule has 0 atom stereocenters. The van der Waals surface area contributed by atoms with Gasteiger partial charge in [-0.1, -0.05) is 26.2 Å². The third-order valence-electron chi connectivity index (χ3n) is 4.86. The largest absolute Gasteiger partial charge is 0.476 e. The van der Waals surface area contributed by atoms with Crippen LogP contribution >= 0.6 is 0 Å². The molecule has 120 valence electrons. The van der Waals surface area contributed by atoms with E-state index in [0.717, 1.165) is 24.1 Å². The fraction of sp³-hybridized carbons (Fsp3) is 0.688. The van der Waals surface area contributed by atoms with Crippen LogP contribution in [0.25, 0.3) is 0 Å². The first-order chi connectivity index (χ1) is 10.6. The monoisotopic (exact) mass is 305 g/mol. The maximum atomic E-state index is 11.9. The molecule has 1 amide bonds. The molecule has 0 bridgehead atoms. The first-order valence-electron chi connectivity index (χ1n) is 8.23. The van der Waals surface area contributed by atoms with Gasteiger partial charge in [0.1, 0.15) is 0 Å². The number of nitrogens with zero attached hydrogens (tertiary/aromatic N) is 3. The van der Waals surface area contributed by atoms with E-state index >= 15 is 0 Å². The van der Waals surface area contributed by atoms with E-state index < -0.39 is 5.97 Å². The van der Waals surface area contributed by atoms with Gasteiger partial charge < -0.3 is 10.0 Å². The molecule has 1 aromatic rings. The van der Waals surface area contributed by atoms with Gasteiger partial charge in [-0.15, -0.1) is 0 Å². The predicted molar refractivity (Wildman–Crippen MR) is 80.7 cm³/mol. The van der Waals surface area contributed by atoms with Crippen molar-refractivity contribution in [3.8, 4) is 0 Å². The van der Waals surface area contributed by atoms with Crippen molar-refractivity contribution in [3.63, 3.8) is 0 Å². The standard InChI is InChI=1S/C16H23N3O3/c1-2-14(20)18-9-8-13-12(10-18)15(16(21)22)17-19(13)11-6-4-3-5-7-11/h11H,2-10H2,1H3,(H,21,22). The average molecular weight is 305 g/mol. The number of hydrogen-bond acceptors (Lipinski definition) is 3. The summed E-state index contributed by atoms with van der Waals surface area (Å²) in [5, 5.41) is 13.9. The molecule has 1 aliphatic carbocycles. The minimum atomic E-state index is -0.989. The smallest absolute Gasteiger partial charge is 0.356 e. The van der Waals surface area contributed by atoms with Crippen LogP contribution in [0.1, 0.15) is 73.2 Å². The number of hydrogen-bond donors (Lipinski definition) is 1. The molecule has 0 unspecified atom stereocenters. The molecule has 22 heavy (non-hydrogen) atoms. The van der Waals surface area contributed by atoms with Crippen LogP contribution in [0.3, 0.4) is 0 Å². The first kappa shape index (κ1) is 15.1. The van der Waals surface area contributed by atoms with Gasteiger partial charge in [0.2, 0.25) is 5.91 Å². The average Bonchev–Trinajstić information content (AvgIpc) is 2.94. The van der Waals surface area contributed by atoms with Gasteiger partial charge in [0.15, 0.2) is 5.69 Å². The maximum absolute atomic E-state index is 11.9. The molecule has 0 spiro atoms. The highest BCUT2D eigenvalue weighted by Crippen LogP contribution is 2.32. The molecular formula is C16H23N3O3. The number of carbonyl (C=O) groups excluding carboxylic acids is 1. The van der Waals surface area contributed by atoms with Crippen LogP contribution in [0.5, 0.6) is 0 Å². The van der Waals surface area contributed by atoms with Crippen molar-refractivity contribution < 1.29 is 14.7 Å². The number of carbonyl (C=O) groups is 2. The Balaban J connectivity index is 1.95.